The molecule has 1 saturated heterocycles. The topological polar surface area (TPSA) is 86.8 Å². The molecule has 2 aliphatic heterocycles. The quantitative estimate of drug-likeness (QED) is 0.843. The summed E-state index contributed by atoms with van der Waals surface area (Å²) in [6, 6.07) is 8.49. The van der Waals surface area contributed by atoms with Crippen molar-refractivity contribution in [2.75, 3.05) is 49.9 Å². The van der Waals surface area contributed by atoms with E-state index >= 15 is 0 Å². The van der Waals surface area contributed by atoms with Gasteiger partial charge in [-0.1, -0.05) is 6.92 Å². The molecule has 1 aromatic carbocycles. The van der Waals surface area contributed by atoms with E-state index in [9.17, 15) is 9.59 Å². The minimum Gasteiger partial charge on any atom is -0.436 e. The van der Waals surface area contributed by atoms with E-state index in [0.29, 0.717) is 35.1 Å². The summed E-state index contributed by atoms with van der Waals surface area (Å²) in [6.45, 7) is 7.25. The number of amides is 2. The lowest BCUT2D eigenvalue weighted by molar-refractivity contribution is -0.117. The van der Waals surface area contributed by atoms with Crippen LogP contribution in [0.25, 0.3) is 0 Å². The number of pyridine rings is 1. The third-order valence-corrected chi connectivity index (χ3v) is 5.01. The van der Waals surface area contributed by atoms with Gasteiger partial charge in [0.05, 0.1) is 12.1 Å². The number of carbonyl (C=O) groups is 2. The lowest BCUT2D eigenvalue weighted by Crippen LogP contribution is -2.48. The van der Waals surface area contributed by atoms with Crippen molar-refractivity contribution in [1.82, 2.24) is 14.8 Å². The maximum Gasteiger partial charge on any atom is 0.259 e. The maximum atomic E-state index is 12.5. The number of aromatic nitrogens is 1. The average molecular weight is 381 g/mol. The van der Waals surface area contributed by atoms with E-state index in [-0.39, 0.29) is 11.8 Å². The summed E-state index contributed by atoms with van der Waals surface area (Å²) >= 11 is 0. The first-order valence-corrected chi connectivity index (χ1v) is 9.45. The fourth-order valence-corrected chi connectivity index (χ4v) is 3.40. The Morgan fingerprint density at radius 2 is 2.00 bits per heavy atom. The van der Waals surface area contributed by atoms with Crippen molar-refractivity contribution in [3.05, 3.63) is 42.1 Å². The van der Waals surface area contributed by atoms with E-state index in [1.165, 1.54) is 0 Å². The Balaban J connectivity index is 1.42. The van der Waals surface area contributed by atoms with Crippen LogP contribution >= 0.6 is 0 Å². The van der Waals surface area contributed by atoms with Crippen molar-refractivity contribution < 1.29 is 14.3 Å². The number of nitrogens with one attached hydrogen (secondary N) is 2. The molecule has 2 aromatic rings. The van der Waals surface area contributed by atoms with Gasteiger partial charge >= 0.3 is 0 Å². The van der Waals surface area contributed by atoms with Crippen molar-refractivity contribution in [2.45, 2.75) is 6.92 Å². The molecule has 28 heavy (non-hydrogen) atoms. The molecular weight excluding hydrogens is 358 g/mol. The van der Waals surface area contributed by atoms with Crippen LogP contribution in [-0.2, 0) is 4.79 Å². The highest BCUT2D eigenvalue weighted by Gasteiger charge is 2.23. The largest absolute Gasteiger partial charge is 0.436 e. The molecule has 0 spiro atoms. The van der Waals surface area contributed by atoms with Crippen molar-refractivity contribution in [2.24, 2.45) is 0 Å². The summed E-state index contributed by atoms with van der Waals surface area (Å²) in [5.41, 5.74) is 1.43. The zero-order valence-corrected chi connectivity index (χ0v) is 15.8. The summed E-state index contributed by atoms with van der Waals surface area (Å²) in [4.78, 5) is 33.6. The lowest BCUT2D eigenvalue weighted by atomic mass is 10.1. The molecule has 1 aromatic heterocycles. The first-order valence-electron chi connectivity index (χ1n) is 9.45. The summed E-state index contributed by atoms with van der Waals surface area (Å²) < 4.78 is 5.75. The van der Waals surface area contributed by atoms with Crippen LogP contribution in [0.4, 0.5) is 11.4 Å². The van der Waals surface area contributed by atoms with Crippen molar-refractivity contribution in [1.29, 1.82) is 0 Å². The third-order valence-electron chi connectivity index (χ3n) is 5.01. The highest BCUT2D eigenvalue weighted by Crippen LogP contribution is 2.34. The number of carbonyl (C=O) groups excluding carboxylic acids is 2. The van der Waals surface area contributed by atoms with Gasteiger partial charge in [-0.2, -0.15) is 0 Å². The third kappa shape index (κ3) is 3.97. The predicted molar refractivity (Wildman–Crippen MR) is 106 cm³/mol. The number of hydrogen-bond donors (Lipinski definition) is 2. The zero-order valence-electron chi connectivity index (χ0n) is 15.8. The van der Waals surface area contributed by atoms with Crippen LogP contribution in [0.15, 0.2) is 36.5 Å². The van der Waals surface area contributed by atoms with E-state index in [1.54, 1.807) is 36.5 Å². The number of fused-ring (bicyclic) bond motifs is 2. The Bertz CT molecular complexity index is 893. The van der Waals surface area contributed by atoms with E-state index in [4.69, 9.17) is 4.74 Å². The smallest absolute Gasteiger partial charge is 0.259 e. The van der Waals surface area contributed by atoms with E-state index < -0.39 is 0 Å². The molecular formula is C20H23N5O3. The van der Waals surface area contributed by atoms with Gasteiger partial charge in [-0.05, 0) is 36.9 Å². The van der Waals surface area contributed by atoms with Gasteiger partial charge in [-0.3, -0.25) is 14.5 Å². The summed E-state index contributed by atoms with van der Waals surface area (Å²) in [5, 5.41) is 5.66. The molecule has 8 nitrogen and oxygen atoms in total. The number of likely N-dealkylation sites (N-methyl/N-ethyl adjacent to an activating group) is 1. The Morgan fingerprint density at radius 3 is 2.79 bits per heavy atom. The number of piperazine rings is 1. The molecule has 3 heterocycles. The molecule has 8 heteroatoms. The van der Waals surface area contributed by atoms with Gasteiger partial charge in [0.15, 0.2) is 0 Å². The number of hydrogen-bond acceptors (Lipinski definition) is 6. The number of ether oxygens (including phenoxy) is 1. The molecule has 4 rings (SSSR count). The molecule has 0 unspecified atom stereocenters. The fourth-order valence-electron chi connectivity index (χ4n) is 3.40. The molecule has 0 radical (unpaired) electrons. The number of nitrogens with zero attached hydrogens (tertiary/aromatic N) is 3. The Kier molecular flexibility index (Phi) is 5.23. The van der Waals surface area contributed by atoms with Gasteiger partial charge in [-0.15, -0.1) is 0 Å². The fraction of sp³-hybridized carbons (Fsp3) is 0.350. The van der Waals surface area contributed by atoms with E-state index in [1.807, 2.05) is 0 Å². The monoisotopic (exact) mass is 381 g/mol. The maximum absolute atomic E-state index is 12.5. The molecule has 0 aliphatic carbocycles. The molecule has 0 saturated carbocycles. The van der Waals surface area contributed by atoms with Crippen LogP contribution in [0.2, 0.25) is 0 Å². The van der Waals surface area contributed by atoms with Gasteiger partial charge < -0.3 is 20.3 Å². The van der Waals surface area contributed by atoms with Crippen molar-refractivity contribution >= 4 is 23.2 Å². The molecule has 2 N–H and O–H groups in total. The highest BCUT2D eigenvalue weighted by atomic mass is 16.5. The molecule has 0 atom stereocenters. The number of rotatable bonds is 4. The van der Waals surface area contributed by atoms with Crippen LogP contribution in [0, 0.1) is 0 Å². The summed E-state index contributed by atoms with van der Waals surface area (Å²) in [5.74, 6) is 0.361. The average Bonchev–Trinajstić information content (AvgIpc) is 2.84. The van der Waals surface area contributed by atoms with E-state index in [0.717, 1.165) is 32.7 Å². The van der Waals surface area contributed by atoms with Crippen LogP contribution < -0.4 is 15.4 Å². The van der Waals surface area contributed by atoms with Crippen LogP contribution in [0.3, 0.4) is 0 Å². The van der Waals surface area contributed by atoms with Gasteiger partial charge in [0.25, 0.3) is 5.91 Å². The second-order valence-electron chi connectivity index (χ2n) is 6.88. The normalized spacial score (nSPS) is 17.0. The number of anilines is 2. The first-order chi connectivity index (χ1) is 13.6. The lowest BCUT2D eigenvalue weighted by Gasteiger charge is -2.33. The molecule has 146 valence electrons. The molecule has 0 bridgehead atoms. The second-order valence-corrected chi connectivity index (χ2v) is 6.88. The van der Waals surface area contributed by atoms with Crippen LogP contribution in [-0.4, -0.2) is 65.9 Å². The minimum absolute atomic E-state index is 0.0928. The van der Waals surface area contributed by atoms with Crippen molar-refractivity contribution in [3.63, 3.8) is 0 Å². The first kappa shape index (κ1) is 18.4. The Labute approximate surface area is 163 Å². The van der Waals surface area contributed by atoms with Gasteiger partial charge in [-0.25, -0.2) is 4.98 Å². The summed E-state index contributed by atoms with van der Waals surface area (Å²) in [7, 11) is 0. The van der Waals surface area contributed by atoms with Gasteiger partial charge in [0.2, 0.25) is 11.8 Å². The predicted octanol–water partition coefficient (Wildman–Crippen LogP) is 2.02. The molecule has 2 amide bonds. The summed E-state index contributed by atoms with van der Waals surface area (Å²) in [6.07, 6.45) is 1.60. The van der Waals surface area contributed by atoms with Crippen LogP contribution in [0.1, 0.15) is 17.3 Å². The molecule has 2 aliphatic rings. The number of benzene rings is 1. The van der Waals surface area contributed by atoms with Crippen molar-refractivity contribution in [3.8, 4) is 11.6 Å². The highest BCUT2D eigenvalue weighted by molar-refractivity contribution is 6.08. The Morgan fingerprint density at radius 1 is 1.21 bits per heavy atom. The SMILES string of the molecule is CCN1CCN(CC(=O)Nc2ccc3c(c2)C(=O)Nc2cccnc2O3)CC1. The van der Waals surface area contributed by atoms with Gasteiger partial charge in [0, 0.05) is 38.1 Å². The van der Waals surface area contributed by atoms with Crippen LogP contribution in [0.5, 0.6) is 11.6 Å². The Hall–Kier alpha value is -2.97. The second kappa shape index (κ2) is 7.95. The van der Waals surface area contributed by atoms with Gasteiger partial charge in [0.1, 0.15) is 11.4 Å². The standard InChI is InChI=1S/C20H23N5O3/c1-2-24-8-10-25(11-9-24)13-18(26)22-14-5-6-17-15(12-14)19(27)23-16-4-3-7-21-20(16)28-17/h3-7,12H,2,8-11,13H2,1H3,(H,22,26)(H,23,27). The zero-order chi connectivity index (χ0) is 19.5. The molecule has 1 fully saturated rings. The van der Waals surface area contributed by atoms with E-state index in [2.05, 4.69) is 32.3 Å². The minimum atomic E-state index is -0.298.